The number of carboxylic acids is 1. The minimum atomic E-state index is -0.558. The Hall–Kier alpha value is -0.570. The van der Waals surface area contributed by atoms with Crippen LogP contribution in [0, 0.1) is 17.3 Å². The van der Waals surface area contributed by atoms with Crippen molar-refractivity contribution in [1.82, 2.24) is 4.90 Å². The summed E-state index contributed by atoms with van der Waals surface area (Å²) in [4.78, 5) is 13.5. The summed E-state index contributed by atoms with van der Waals surface area (Å²) in [6.45, 7) is 4.15. The van der Waals surface area contributed by atoms with E-state index in [1.807, 2.05) is 0 Å². The Labute approximate surface area is 84.1 Å². The second-order valence-electron chi connectivity index (χ2n) is 5.52. The van der Waals surface area contributed by atoms with Gasteiger partial charge in [0.05, 0.1) is 5.41 Å². The van der Waals surface area contributed by atoms with Crippen molar-refractivity contribution in [2.45, 2.75) is 32.2 Å². The van der Waals surface area contributed by atoms with Gasteiger partial charge in [-0.3, -0.25) is 9.69 Å². The number of aliphatic carboxylic acids is 1. The lowest BCUT2D eigenvalue weighted by atomic mass is 9.81. The van der Waals surface area contributed by atoms with E-state index in [0.717, 1.165) is 25.4 Å². The smallest absolute Gasteiger partial charge is 0.311 e. The maximum Gasteiger partial charge on any atom is 0.311 e. The number of hydrogen-bond acceptors (Lipinski definition) is 2. The van der Waals surface area contributed by atoms with Crippen molar-refractivity contribution >= 4 is 5.97 Å². The fraction of sp³-hybridized carbons (Fsp3) is 0.909. The van der Waals surface area contributed by atoms with E-state index in [1.165, 1.54) is 12.8 Å². The molecule has 3 rings (SSSR count). The normalized spacial score (nSPS) is 51.1. The lowest BCUT2D eigenvalue weighted by molar-refractivity contribution is -0.143. The van der Waals surface area contributed by atoms with Crippen LogP contribution in [0.5, 0.6) is 0 Å². The molecular formula is C11H17NO2. The number of hydrogen-bond donors (Lipinski definition) is 1. The summed E-state index contributed by atoms with van der Waals surface area (Å²) in [5, 5.41) is 9.13. The van der Waals surface area contributed by atoms with Crippen LogP contribution in [0.15, 0.2) is 0 Å². The van der Waals surface area contributed by atoms with Gasteiger partial charge < -0.3 is 5.11 Å². The molecule has 0 aromatic heterocycles. The highest BCUT2D eigenvalue weighted by Gasteiger charge is 2.66. The van der Waals surface area contributed by atoms with Gasteiger partial charge >= 0.3 is 5.97 Å². The van der Waals surface area contributed by atoms with Crippen molar-refractivity contribution in [3.63, 3.8) is 0 Å². The third kappa shape index (κ3) is 0.991. The van der Waals surface area contributed by atoms with Crippen LogP contribution in [-0.4, -0.2) is 35.1 Å². The monoisotopic (exact) mass is 195 g/mol. The average molecular weight is 195 g/mol. The van der Waals surface area contributed by atoms with Gasteiger partial charge in [-0.2, -0.15) is 0 Å². The molecule has 1 aliphatic heterocycles. The molecule has 2 unspecified atom stereocenters. The van der Waals surface area contributed by atoms with Crippen molar-refractivity contribution in [3.8, 4) is 0 Å². The van der Waals surface area contributed by atoms with Crippen molar-refractivity contribution in [1.29, 1.82) is 0 Å². The van der Waals surface area contributed by atoms with Gasteiger partial charge in [0.15, 0.2) is 0 Å². The maximum absolute atomic E-state index is 11.1. The molecule has 3 heteroatoms. The molecular weight excluding hydrogens is 178 g/mol. The Kier molecular flexibility index (Phi) is 1.56. The molecule has 0 radical (unpaired) electrons. The first-order chi connectivity index (χ1) is 6.62. The molecule has 1 saturated heterocycles. The molecule has 3 nitrogen and oxygen atoms in total. The van der Waals surface area contributed by atoms with Crippen LogP contribution in [0.3, 0.4) is 0 Å². The van der Waals surface area contributed by atoms with Crippen LogP contribution in [-0.2, 0) is 4.79 Å². The van der Waals surface area contributed by atoms with Gasteiger partial charge in [0.1, 0.15) is 0 Å². The molecule has 0 spiro atoms. The van der Waals surface area contributed by atoms with Crippen LogP contribution in [0.1, 0.15) is 26.2 Å². The predicted octanol–water partition coefficient (Wildman–Crippen LogP) is 1.19. The molecule has 0 aromatic rings. The van der Waals surface area contributed by atoms with E-state index in [1.54, 1.807) is 0 Å². The van der Waals surface area contributed by atoms with E-state index >= 15 is 0 Å². The number of carbonyl (C=O) groups is 1. The first-order valence-corrected chi connectivity index (χ1v) is 5.59. The average Bonchev–Trinajstić information content (AvgIpc) is 2.65. The number of nitrogens with zero attached hydrogens (tertiary/aromatic N) is 1. The second-order valence-corrected chi connectivity index (χ2v) is 5.52. The Morgan fingerprint density at radius 2 is 2.21 bits per heavy atom. The molecule has 0 amide bonds. The molecule has 1 heterocycles. The largest absolute Gasteiger partial charge is 0.481 e. The minimum absolute atomic E-state index is 0.321. The molecule has 1 N–H and O–H groups in total. The minimum Gasteiger partial charge on any atom is -0.481 e. The molecule has 2 atom stereocenters. The highest BCUT2D eigenvalue weighted by atomic mass is 16.4. The summed E-state index contributed by atoms with van der Waals surface area (Å²) in [5.41, 5.74) is -0.321. The van der Waals surface area contributed by atoms with Crippen LogP contribution in [0.25, 0.3) is 0 Å². The molecule has 78 valence electrons. The van der Waals surface area contributed by atoms with Gasteiger partial charge in [0, 0.05) is 19.1 Å². The van der Waals surface area contributed by atoms with Gasteiger partial charge in [0.25, 0.3) is 0 Å². The summed E-state index contributed by atoms with van der Waals surface area (Å²) in [6, 6.07) is 0.703. The predicted molar refractivity (Wildman–Crippen MR) is 51.9 cm³/mol. The van der Waals surface area contributed by atoms with Gasteiger partial charge in [-0.1, -0.05) is 6.92 Å². The van der Waals surface area contributed by atoms with E-state index < -0.39 is 5.97 Å². The summed E-state index contributed by atoms with van der Waals surface area (Å²) >= 11 is 0. The Morgan fingerprint density at radius 3 is 2.71 bits per heavy atom. The number of likely N-dealkylation sites (tertiary alicyclic amines) is 1. The zero-order chi connectivity index (χ0) is 9.92. The van der Waals surface area contributed by atoms with Crippen LogP contribution < -0.4 is 0 Å². The van der Waals surface area contributed by atoms with E-state index in [-0.39, 0.29) is 5.41 Å². The SMILES string of the molecule is CC1CC(N2CC3CC3(C(=O)O)C2)C1. The van der Waals surface area contributed by atoms with Gasteiger partial charge in [0.2, 0.25) is 0 Å². The van der Waals surface area contributed by atoms with E-state index in [4.69, 9.17) is 5.11 Å². The fourth-order valence-corrected chi connectivity index (χ4v) is 3.29. The first-order valence-electron chi connectivity index (χ1n) is 5.59. The standard InChI is InChI=1S/C11H17NO2/c1-7-2-9(3-7)12-5-8-4-11(8,6-12)10(13)14/h7-9H,2-6H2,1H3,(H,13,14). The zero-order valence-corrected chi connectivity index (χ0v) is 8.57. The summed E-state index contributed by atoms with van der Waals surface area (Å²) in [5.74, 6) is 0.769. The van der Waals surface area contributed by atoms with Crippen LogP contribution >= 0.6 is 0 Å². The summed E-state index contributed by atoms with van der Waals surface area (Å²) in [7, 11) is 0. The van der Waals surface area contributed by atoms with Crippen molar-refractivity contribution in [2.75, 3.05) is 13.1 Å². The highest BCUT2D eigenvalue weighted by molar-refractivity contribution is 5.79. The molecule has 0 aromatic carbocycles. The zero-order valence-electron chi connectivity index (χ0n) is 8.57. The highest BCUT2D eigenvalue weighted by Crippen LogP contribution is 2.59. The van der Waals surface area contributed by atoms with Crippen molar-refractivity contribution in [2.24, 2.45) is 17.3 Å². The van der Waals surface area contributed by atoms with Gasteiger partial charge in [-0.25, -0.2) is 0 Å². The molecule has 2 saturated carbocycles. The van der Waals surface area contributed by atoms with Crippen LogP contribution in [0.4, 0.5) is 0 Å². The topological polar surface area (TPSA) is 40.5 Å². The van der Waals surface area contributed by atoms with E-state index in [9.17, 15) is 4.79 Å². The molecule has 3 aliphatic rings. The number of fused-ring (bicyclic) bond motifs is 1. The van der Waals surface area contributed by atoms with Gasteiger partial charge in [-0.05, 0) is 31.1 Å². The number of rotatable bonds is 2. The van der Waals surface area contributed by atoms with E-state index in [2.05, 4.69) is 11.8 Å². The van der Waals surface area contributed by atoms with Crippen molar-refractivity contribution in [3.05, 3.63) is 0 Å². The fourth-order valence-electron chi connectivity index (χ4n) is 3.29. The summed E-state index contributed by atoms with van der Waals surface area (Å²) in [6.07, 6.45) is 3.49. The maximum atomic E-state index is 11.1. The second kappa shape index (κ2) is 2.51. The van der Waals surface area contributed by atoms with E-state index in [0.29, 0.717) is 12.0 Å². The molecule has 14 heavy (non-hydrogen) atoms. The third-order valence-corrected chi connectivity index (χ3v) is 4.46. The Morgan fingerprint density at radius 1 is 1.50 bits per heavy atom. The van der Waals surface area contributed by atoms with Crippen LogP contribution in [0.2, 0.25) is 0 Å². The number of piperidine rings is 1. The van der Waals surface area contributed by atoms with Crippen molar-refractivity contribution < 1.29 is 9.90 Å². The molecule has 3 fully saturated rings. The third-order valence-electron chi connectivity index (χ3n) is 4.46. The summed E-state index contributed by atoms with van der Waals surface area (Å²) < 4.78 is 0. The number of carboxylic acid groups (broad SMARTS) is 1. The Balaban J connectivity index is 1.64. The first kappa shape index (κ1) is 8.72. The quantitative estimate of drug-likeness (QED) is 0.719. The lowest BCUT2D eigenvalue weighted by Gasteiger charge is -2.40. The Bertz CT molecular complexity index is 285. The molecule has 2 aliphatic carbocycles. The molecule has 0 bridgehead atoms. The lowest BCUT2D eigenvalue weighted by Crippen LogP contribution is -2.44. The van der Waals surface area contributed by atoms with Gasteiger partial charge in [-0.15, -0.1) is 0 Å².